The number of rotatable bonds is 4. The average Bonchev–Trinajstić information content (AvgIpc) is 2.61. The maximum atomic E-state index is 12.5. The predicted octanol–water partition coefficient (Wildman–Crippen LogP) is 3.40. The minimum Gasteiger partial charge on any atom is -0.398 e. The van der Waals surface area contributed by atoms with Gasteiger partial charge in [-0.2, -0.15) is 0 Å². The smallest absolute Gasteiger partial charge is 0.253 e. The number of anilines is 1. The fourth-order valence-corrected chi connectivity index (χ4v) is 3.39. The first-order valence-corrected chi connectivity index (χ1v) is 8.45. The van der Waals surface area contributed by atoms with Crippen LogP contribution < -0.4 is 11.1 Å². The van der Waals surface area contributed by atoms with Crippen molar-refractivity contribution in [2.45, 2.75) is 18.3 Å². The Bertz CT molecular complexity index is 727. The van der Waals surface area contributed by atoms with Crippen LogP contribution in [0.25, 0.3) is 0 Å². The lowest BCUT2D eigenvalue weighted by Gasteiger charge is -2.38. The van der Waals surface area contributed by atoms with Crippen LogP contribution in [0.1, 0.15) is 28.8 Å². The number of para-hydroxylation sites is 1. The van der Waals surface area contributed by atoms with Gasteiger partial charge in [0.2, 0.25) is 0 Å². The first kappa shape index (κ1) is 16.8. The number of carbonyl (C=O) groups excluding carboxylic acids is 1. The minimum absolute atomic E-state index is 0.152. The Balaban J connectivity index is 1.80. The van der Waals surface area contributed by atoms with Gasteiger partial charge in [0.05, 0.1) is 5.56 Å². The number of ether oxygens (including phenoxy) is 1. The lowest BCUT2D eigenvalue weighted by atomic mass is 9.74. The molecule has 3 rings (SSSR count). The Morgan fingerprint density at radius 2 is 1.92 bits per heavy atom. The molecule has 0 radical (unpaired) electrons. The molecule has 1 aliphatic rings. The molecule has 1 fully saturated rings. The van der Waals surface area contributed by atoms with Crippen molar-refractivity contribution in [3.63, 3.8) is 0 Å². The van der Waals surface area contributed by atoms with Crippen molar-refractivity contribution in [1.82, 2.24) is 5.32 Å². The summed E-state index contributed by atoms with van der Waals surface area (Å²) in [4.78, 5) is 12.5. The van der Waals surface area contributed by atoms with Crippen LogP contribution in [0.4, 0.5) is 5.69 Å². The van der Waals surface area contributed by atoms with Gasteiger partial charge in [-0.15, -0.1) is 0 Å². The van der Waals surface area contributed by atoms with Gasteiger partial charge >= 0.3 is 0 Å². The molecule has 3 N–H and O–H groups in total. The van der Waals surface area contributed by atoms with Crippen molar-refractivity contribution in [2.24, 2.45) is 0 Å². The van der Waals surface area contributed by atoms with E-state index in [0.29, 0.717) is 36.0 Å². The van der Waals surface area contributed by atoms with E-state index in [-0.39, 0.29) is 11.3 Å². The molecule has 1 saturated heterocycles. The maximum absolute atomic E-state index is 12.5. The van der Waals surface area contributed by atoms with Crippen molar-refractivity contribution < 1.29 is 9.53 Å². The molecule has 1 aliphatic heterocycles. The van der Waals surface area contributed by atoms with Crippen molar-refractivity contribution in [1.29, 1.82) is 0 Å². The van der Waals surface area contributed by atoms with E-state index in [1.165, 1.54) is 0 Å². The van der Waals surface area contributed by atoms with E-state index in [4.69, 9.17) is 22.1 Å². The third kappa shape index (κ3) is 3.55. The SMILES string of the molecule is Nc1ccccc1C(=O)NCC1(c2cccc(Cl)c2)CCOCC1. The highest BCUT2D eigenvalue weighted by Gasteiger charge is 2.35. The van der Waals surface area contributed by atoms with E-state index in [1.54, 1.807) is 12.1 Å². The third-order valence-electron chi connectivity index (χ3n) is 4.68. The molecule has 0 aromatic heterocycles. The highest BCUT2D eigenvalue weighted by molar-refractivity contribution is 6.30. The molecule has 0 atom stereocenters. The molecular formula is C19H21ClN2O2. The number of hydrogen-bond donors (Lipinski definition) is 2. The zero-order valence-electron chi connectivity index (χ0n) is 13.4. The van der Waals surface area contributed by atoms with Gasteiger partial charge < -0.3 is 15.8 Å². The van der Waals surface area contributed by atoms with Crippen LogP contribution in [-0.2, 0) is 10.2 Å². The van der Waals surface area contributed by atoms with Crippen molar-refractivity contribution in [3.8, 4) is 0 Å². The van der Waals surface area contributed by atoms with Crippen molar-refractivity contribution in [3.05, 3.63) is 64.7 Å². The second-order valence-corrected chi connectivity index (χ2v) is 6.61. The molecule has 0 bridgehead atoms. The highest BCUT2D eigenvalue weighted by Crippen LogP contribution is 2.35. The standard InChI is InChI=1S/C19H21ClN2O2/c20-15-5-3-4-14(12-15)19(8-10-24-11-9-19)13-22-18(23)16-6-1-2-7-17(16)21/h1-7,12H,8-11,13,21H2,(H,22,23). The average molecular weight is 345 g/mol. The lowest BCUT2D eigenvalue weighted by molar-refractivity contribution is 0.0487. The highest BCUT2D eigenvalue weighted by atomic mass is 35.5. The molecule has 1 amide bonds. The molecule has 2 aromatic carbocycles. The topological polar surface area (TPSA) is 64.4 Å². The second kappa shape index (κ2) is 7.24. The fraction of sp³-hybridized carbons (Fsp3) is 0.316. The Morgan fingerprint density at radius 3 is 2.62 bits per heavy atom. The van der Waals surface area contributed by atoms with Crippen LogP contribution in [0.15, 0.2) is 48.5 Å². The second-order valence-electron chi connectivity index (χ2n) is 6.17. The number of halogens is 1. The van der Waals surface area contributed by atoms with Crippen molar-refractivity contribution in [2.75, 3.05) is 25.5 Å². The molecule has 0 saturated carbocycles. The summed E-state index contributed by atoms with van der Waals surface area (Å²) >= 11 is 6.17. The van der Waals surface area contributed by atoms with Gasteiger partial charge in [-0.3, -0.25) is 4.79 Å². The summed E-state index contributed by atoms with van der Waals surface area (Å²) < 4.78 is 5.52. The van der Waals surface area contributed by atoms with Crippen LogP contribution in [0.2, 0.25) is 5.02 Å². The summed E-state index contributed by atoms with van der Waals surface area (Å²) in [7, 11) is 0. The first-order chi connectivity index (χ1) is 11.6. The summed E-state index contributed by atoms with van der Waals surface area (Å²) in [6.07, 6.45) is 1.69. The number of nitrogens with one attached hydrogen (secondary N) is 1. The number of carbonyl (C=O) groups is 1. The van der Waals surface area contributed by atoms with Gasteiger partial charge in [-0.05, 0) is 42.7 Å². The van der Waals surface area contributed by atoms with Crippen LogP contribution in [-0.4, -0.2) is 25.7 Å². The number of amides is 1. The van der Waals surface area contributed by atoms with Gasteiger partial charge in [0, 0.05) is 35.9 Å². The molecule has 5 heteroatoms. The van der Waals surface area contributed by atoms with Gasteiger partial charge in [0.25, 0.3) is 5.91 Å². The first-order valence-electron chi connectivity index (χ1n) is 8.07. The molecule has 4 nitrogen and oxygen atoms in total. The quantitative estimate of drug-likeness (QED) is 0.835. The van der Waals surface area contributed by atoms with E-state index < -0.39 is 0 Å². The largest absolute Gasteiger partial charge is 0.398 e. The normalized spacial score (nSPS) is 16.5. The lowest BCUT2D eigenvalue weighted by Crippen LogP contribution is -2.44. The minimum atomic E-state index is -0.164. The number of hydrogen-bond acceptors (Lipinski definition) is 3. The Morgan fingerprint density at radius 1 is 1.17 bits per heavy atom. The van der Waals surface area contributed by atoms with E-state index in [9.17, 15) is 4.79 Å². The number of nitrogen functional groups attached to an aromatic ring is 1. The monoisotopic (exact) mass is 344 g/mol. The van der Waals surface area contributed by atoms with E-state index in [2.05, 4.69) is 11.4 Å². The summed E-state index contributed by atoms with van der Waals surface area (Å²) in [5.41, 5.74) is 7.86. The Hall–Kier alpha value is -2.04. The summed E-state index contributed by atoms with van der Waals surface area (Å²) in [6, 6.07) is 15.0. The van der Waals surface area contributed by atoms with Crippen LogP contribution in [0, 0.1) is 0 Å². The van der Waals surface area contributed by atoms with E-state index >= 15 is 0 Å². The fourth-order valence-electron chi connectivity index (χ4n) is 3.20. The van der Waals surface area contributed by atoms with Crippen LogP contribution in [0.5, 0.6) is 0 Å². The molecular weight excluding hydrogens is 324 g/mol. The summed E-state index contributed by atoms with van der Waals surface area (Å²) in [5.74, 6) is -0.152. The third-order valence-corrected chi connectivity index (χ3v) is 4.91. The molecule has 0 unspecified atom stereocenters. The van der Waals surface area contributed by atoms with Gasteiger partial charge in [-0.25, -0.2) is 0 Å². The zero-order chi connectivity index (χ0) is 17.0. The summed E-state index contributed by atoms with van der Waals surface area (Å²) in [5, 5.41) is 3.76. The molecule has 24 heavy (non-hydrogen) atoms. The van der Waals surface area contributed by atoms with Gasteiger partial charge in [0.15, 0.2) is 0 Å². The molecule has 2 aromatic rings. The Kier molecular flexibility index (Phi) is 5.07. The van der Waals surface area contributed by atoms with E-state index in [0.717, 1.165) is 18.4 Å². The molecule has 126 valence electrons. The van der Waals surface area contributed by atoms with Crippen LogP contribution >= 0.6 is 11.6 Å². The van der Waals surface area contributed by atoms with Crippen LogP contribution in [0.3, 0.4) is 0 Å². The summed E-state index contributed by atoms with van der Waals surface area (Å²) in [6.45, 7) is 1.88. The molecule has 0 spiro atoms. The predicted molar refractivity (Wildman–Crippen MR) is 96.4 cm³/mol. The maximum Gasteiger partial charge on any atom is 0.253 e. The number of benzene rings is 2. The molecule has 1 heterocycles. The van der Waals surface area contributed by atoms with E-state index in [1.807, 2.05) is 30.3 Å². The zero-order valence-corrected chi connectivity index (χ0v) is 14.2. The number of nitrogens with two attached hydrogens (primary N) is 1. The van der Waals surface area contributed by atoms with Gasteiger partial charge in [-0.1, -0.05) is 35.9 Å². The van der Waals surface area contributed by atoms with Crippen molar-refractivity contribution >= 4 is 23.2 Å². The molecule has 0 aliphatic carbocycles. The van der Waals surface area contributed by atoms with Gasteiger partial charge in [0.1, 0.15) is 0 Å². The Labute approximate surface area is 147 Å².